The Hall–Kier alpha value is -3.15. The molecule has 0 saturated heterocycles. The fourth-order valence-corrected chi connectivity index (χ4v) is 3.64. The summed E-state index contributed by atoms with van der Waals surface area (Å²) in [4.78, 5) is 20.6. The van der Waals surface area contributed by atoms with Crippen molar-refractivity contribution in [1.29, 1.82) is 0 Å². The Morgan fingerprint density at radius 3 is 2.43 bits per heavy atom. The molecule has 0 aliphatic heterocycles. The van der Waals surface area contributed by atoms with Crippen LogP contribution in [-0.2, 0) is 9.53 Å². The van der Waals surface area contributed by atoms with Gasteiger partial charge in [0.25, 0.3) is 0 Å². The number of fused-ring (bicyclic) bond motifs is 1. The number of carbonyl (C=O) groups is 1. The lowest BCUT2D eigenvalue weighted by Crippen LogP contribution is -2.31. The largest absolute Gasteiger partial charge is 0.463 e. The molecular formula is C22H24N4O2. The van der Waals surface area contributed by atoms with Crippen LogP contribution in [0.1, 0.15) is 32.6 Å². The van der Waals surface area contributed by atoms with Crippen LogP contribution in [0.5, 0.6) is 0 Å². The third kappa shape index (κ3) is 4.39. The SMILES string of the molecule is CC(=O)OC1CCC(Nc2nc(Nc3ccccc3)c3ccccc3n2)CC1. The van der Waals surface area contributed by atoms with Gasteiger partial charge in [0, 0.05) is 24.0 Å². The van der Waals surface area contributed by atoms with E-state index < -0.39 is 0 Å². The molecule has 0 amide bonds. The minimum Gasteiger partial charge on any atom is -0.463 e. The summed E-state index contributed by atoms with van der Waals surface area (Å²) in [6.45, 7) is 1.47. The first-order valence-corrected chi connectivity index (χ1v) is 9.70. The molecule has 1 aliphatic carbocycles. The molecule has 1 heterocycles. The van der Waals surface area contributed by atoms with E-state index in [1.54, 1.807) is 0 Å². The monoisotopic (exact) mass is 376 g/mol. The third-order valence-electron chi connectivity index (χ3n) is 4.98. The van der Waals surface area contributed by atoms with Gasteiger partial charge in [0.1, 0.15) is 11.9 Å². The highest BCUT2D eigenvalue weighted by Crippen LogP contribution is 2.27. The minimum absolute atomic E-state index is 0.0309. The standard InChI is InChI=1S/C22H24N4O2/c1-15(27)28-18-13-11-17(12-14-18)24-22-25-20-10-6-5-9-19(20)21(26-22)23-16-7-3-2-4-8-16/h2-10,17-18H,11-14H2,1H3,(H2,23,24,25,26). The molecule has 1 aromatic heterocycles. The summed E-state index contributed by atoms with van der Waals surface area (Å²) < 4.78 is 5.32. The number of para-hydroxylation sites is 2. The van der Waals surface area contributed by atoms with E-state index in [2.05, 4.69) is 10.6 Å². The van der Waals surface area contributed by atoms with Gasteiger partial charge >= 0.3 is 5.97 Å². The maximum Gasteiger partial charge on any atom is 0.302 e. The smallest absolute Gasteiger partial charge is 0.302 e. The van der Waals surface area contributed by atoms with Crippen LogP contribution >= 0.6 is 0 Å². The molecule has 3 aromatic rings. The second-order valence-electron chi connectivity index (χ2n) is 7.13. The first-order chi connectivity index (χ1) is 13.7. The van der Waals surface area contributed by atoms with Gasteiger partial charge in [-0.15, -0.1) is 0 Å². The van der Waals surface area contributed by atoms with Crippen LogP contribution in [0.3, 0.4) is 0 Å². The lowest BCUT2D eigenvalue weighted by atomic mass is 9.93. The molecule has 0 radical (unpaired) electrons. The molecular weight excluding hydrogens is 352 g/mol. The Bertz CT molecular complexity index is 953. The fourth-order valence-electron chi connectivity index (χ4n) is 3.64. The first-order valence-electron chi connectivity index (χ1n) is 9.70. The summed E-state index contributed by atoms with van der Waals surface area (Å²) in [6, 6.07) is 18.3. The van der Waals surface area contributed by atoms with Crippen molar-refractivity contribution < 1.29 is 9.53 Å². The zero-order chi connectivity index (χ0) is 19.3. The summed E-state index contributed by atoms with van der Waals surface area (Å²) in [7, 11) is 0. The number of esters is 1. The predicted octanol–water partition coefficient (Wildman–Crippen LogP) is 4.66. The van der Waals surface area contributed by atoms with Crippen LogP contribution in [0.2, 0.25) is 0 Å². The second-order valence-corrected chi connectivity index (χ2v) is 7.13. The van der Waals surface area contributed by atoms with Gasteiger partial charge in [-0.3, -0.25) is 4.79 Å². The molecule has 0 bridgehead atoms. The lowest BCUT2D eigenvalue weighted by Gasteiger charge is -2.28. The Balaban J connectivity index is 1.52. The van der Waals surface area contributed by atoms with Gasteiger partial charge in [-0.1, -0.05) is 30.3 Å². The van der Waals surface area contributed by atoms with Crippen molar-refractivity contribution in [3.05, 3.63) is 54.6 Å². The predicted molar refractivity (Wildman–Crippen MR) is 111 cm³/mol. The molecule has 144 valence electrons. The van der Waals surface area contributed by atoms with E-state index in [-0.39, 0.29) is 18.1 Å². The number of aromatic nitrogens is 2. The van der Waals surface area contributed by atoms with Crippen LogP contribution in [0, 0.1) is 0 Å². The van der Waals surface area contributed by atoms with Crippen LogP contribution < -0.4 is 10.6 Å². The van der Waals surface area contributed by atoms with Crippen LogP contribution in [-0.4, -0.2) is 28.1 Å². The van der Waals surface area contributed by atoms with E-state index in [9.17, 15) is 4.79 Å². The summed E-state index contributed by atoms with van der Waals surface area (Å²) in [5.41, 5.74) is 1.88. The fraction of sp³-hybridized carbons (Fsp3) is 0.318. The molecule has 4 rings (SSSR count). The van der Waals surface area contributed by atoms with Crippen molar-refractivity contribution >= 4 is 34.3 Å². The summed E-state index contributed by atoms with van der Waals surface area (Å²) >= 11 is 0. The first kappa shape index (κ1) is 18.2. The highest BCUT2D eigenvalue weighted by Gasteiger charge is 2.23. The van der Waals surface area contributed by atoms with E-state index in [0.717, 1.165) is 48.1 Å². The van der Waals surface area contributed by atoms with Crippen LogP contribution in [0.15, 0.2) is 54.6 Å². The summed E-state index contributed by atoms with van der Waals surface area (Å²) in [6.07, 6.45) is 3.61. The van der Waals surface area contributed by atoms with Gasteiger partial charge in [0.15, 0.2) is 0 Å². The van der Waals surface area contributed by atoms with Gasteiger partial charge in [-0.05, 0) is 49.9 Å². The number of hydrogen-bond acceptors (Lipinski definition) is 6. The van der Waals surface area contributed by atoms with Crippen molar-refractivity contribution in [3.63, 3.8) is 0 Å². The normalized spacial score (nSPS) is 19.2. The number of carbonyl (C=O) groups excluding carboxylic acids is 1. The van der Waals surface area contributed by atoms with Gasteiger partial charge in [-0.2, -0.15) is 4.98 Å². The Labute approximate surface area is 164 Å². The second kappa shape index (κ2) is 8.25. The van der Waals surface area contributed by atoms with E-state index in [0.29, 0.717) is 5.95 Å². The van der Waals surface area contributed by atoms with Crippen molar-refractivity contribution in [3.8, 4) is 0 Å². The quantitative estimate of drug-likeness (QED) is 0.631. The minimum atomic E-state index is -0.203. The molecule has 6 heteroatoms. The van der Waals surface area contributed by atoms with Crippen LogP contribution in [0.4, 0.5) is 17.5 Å². The Kier molecular flexibility index (Phi) is 5.37. The lowest BCUT2D eigenvalue weighted by molar-refractivity contribution is -0.147. The summed E-state index contributed by atoms with van der Waals surface area (Å²) in [5.74, 6) is 1.20. The van der Waals surface area contributed by atoms with Crippen molar-refractivity contribution in [2.45, 2.75) is 44.8 Å². The molecule has 1 aliphatic rings. The van der Waals surface area contributed by atoms with Gasteiger partial charge < -0.3 is 15.4 Å². The number of ether oxygens (including phenoxy) is 1. The number of benzene rings is 2. The molecule has 2 aromatic carbocycles. The van der Waals surface area contributed by atoms with E-state index in [1.807, 2.05) is 54.6 Å². The molecule has 0 atom stereocenters. The number of hydrogen-bond donors (Lipinski definition) is 2. The van der Waals surface area contributed by atoms with Crippen LogP contribution in [0.25, 0.3) is 10.9 Å². The highest BCUT2D eigenvalue weighted by molar-refractivity contribution is 5.91. The molecule has 0 spiro atoms. The number of nitrogens with zero attached hydrogens (tertiary/aromatic N) is 2. The van der Waals surface area contributed by atoms with Crippen molar-refractivity contribution in [2.24, 2.45) is 0 Å². The van der Waals surface area contributed by atoms with Crippen molar-refractivity contribution in [1.82, 2.24) is 9.97 Å². The Morgan fingerprint density at radius 1 is 0.964 bits per heavy atom. The van der Waals surface area contributed by atoms with Gasteiger partial charge in [0.2, 0.25) is 5.95 Å². The molecule has 1 fully saturated rings. The average molecular weight is 376 g/mol. The molecule has 1 saturated carbocycles. The average Bonchev–Trinajstić information content (AvgIpc) is 2.70. The van der Waals surface area contributed by atoms with E-state index in [1.165, 1.54) is 6.92 Å². The third-order valence-corrected chi connectivity index (χ3v) is 4.98. The van der Waals surface area contributed by atoms with E-state index in [4.69, 9.17) is 14.7 Å². The van der Waals surface area contributed by atoms with Crippen molar-refractivity contribution in [2.75, 3.05) is 10.6 Å². The Morgan fingerprint density at radius 2 is 1.68 bits per heavy atom. The number of anilines is 3. The molecule has 28 heavy (non-hydrogen) atoms. The van der Waals surface area contributed by atoms with Gasteiger partial charge in [-0.25, -0.2) is 4.98 Å². The highest BCUT2D eigenvalue weighted by atomic mass is 16.5. The zero-order valence-electron chi connectivity index (χ0n) is 15.9. The topological polar surface area (TPSA) is 76.1 Å². The number of nitrogens with one attached hydrogen (secondary N) is 2. The van der Waals surface area contributed by atoms with Gasteiger partial charge in [0.05, 0.1) is 5.52 Å². The molecule has 0 unspecified atom stereocenters. The maximum atomic E-state index is 11.1. The van der Waals surface area contributed by atoms with E-state index >= 15 is 0 Å². The molecule has 6 nitrogen and oxygen atoms in total. The zero-order valence-corrected chi connectivity index (χ0v) is 15.9. The maximum absolute atomic E-state index is 11.1. The summed E-state index contributed by atoms with van der Waals surface area (Å²) in [5, 5.41) is 7.86. The number of rotatable bonds is 5. The molecule has 2 N–H and O–H groups in total.